The summed E-state index contributed by atoms with van der Waals surface area (Å²) < 4.78 is 67.0. The monoisotopic (exact) mass is 542 g/mol. The number of hydrogen-bond donors (Lipinski definition) is 3. The quantitative estimate of drug-likeness (QED) is 0.349. The molecule has 1 aliphatic heterocycles. The molecule has 3 heterocycles. The van der Waals surface area contributed by atoms with Gasteiger partial charge in [0.1, 0.15) is 17.1 Å². The molecule has 0 unspecified atom stereocenters. The lowest BCUT2D eigenvalue weighted by Crippen LogP contribution is -2.27. The Hall–Kier alpha value is -4.23. The molecule has 10 nitrogen and oxygen atoms in total. The number of hydrogen-bond acceptors (Lipinski definition) is 8. The van der Waals surface area contributed by atoms with Gasteiger partial charge in [0.2, 0.25) is 19.9 Å². The first-order valence-corrected chi connectivity index (χ1v) is 14.2. The molecule has 2 aromatic carbocycles. The smallest absolute Gasteiger partial charge is 0.264 e. The third kappa shape index (κ3) is 4.66. The van der Waals surface area contributed by atoms with Crippen molar-refractivity contribution in [3.05, 3.63) is 93.6 Å². The average molecular weight is 543 g/mol. The van der Waals surface area contributed by atoms with E-state index in [-0.39, 0.29) is 45.0 Å². The number of rotatable bonds is 5. The molecule has 13 heteroatoms. The summed E-state index contributed by atoms with van der Waals surface area (Å²) in [5.74, 6) is -1.25. The van der Waals surface area contributed by atoms with Crippen molar-refractivity contribution in [3.8, 4) is 5.75 Å². The highest BCUT2D eigenvalue weighted by Gasteiger charge is 2.29. The van der Waals surface area contributed by atoms with Crippen molar-refractivity contribution in [2.75, 3.05) is 16.3 Å². The second-order valence-corrected chi connectivity index (χ2v) is 11.9. The first kappa shape index (κ1) is 24.5. The highest BCUT2D eigenvalue weighted by molar-refractivity contribution is 7.94. The lowest BCUT2D eigenvalue weighted by molar-refractivity contribution is 0.476. The molecule has 1 aliphatic rings. The summed E-state index contributed by atoms with van der Waals surface area (Å²) in [6.45, 7) is -0.0216. The summed E-state index contributed by atoms with van der Waals surface area (Å²) >= 11 is 0. The van der Waals surface area contributed by atoms with E-state index in [9.17, 15) is 31.1 Å². The van der Waals surface area contributed by atoms with Crippen LogP contribution in [0.15, 0.2) is 75.9 Å². The van der Waals surface area contributed by atoms with E-state index in [1.54, 1.807) is 24.4 Å². The van der Waals surface area contributed by atoms with Crippen LogP contribution >= 0.6 is 0 Å². The zero-order valence-corrected chi connectivity index (χ0v) is 20.8. The fourth-order valence-corrected chi connectivity index (χ4v) is 6.01. The third-order valence-corrected chi connectivity index (χ3v) is 7.75. The number of sulfone groups is 1. The maximum Gasteiger partial charge on any atom is 0.264 e. The molecule has 0 bridgehead atoms. The Morgan fingerprint density at radius 3 is 2.62 bits per heavy atom. The summed E-state index contributed by atoms with van der Waals surface area (Å²) in [6.07, 6.45) is 2.48. The fraction of sp³-hybridized carbons (Fsp3) is 0.0833. The van der Waals surface area contributed by atoms with Crippen molar-refractivity contribution in [1.82, 2.24) is 9.55 Å². The number of fused-ring (bicyclic) bond motifs is 2. The molecule has 37 heavy (non-hydrogen) atoms. The largest absolute Gasteiger partial charge is 0.506 e. The molecule has 4 aromatic rings. The molecule has 2 aromatic heterocycles. The summed E-state index contributed by atoms with van der Waals surface area (Å²) in [7, 11) is -7.84. The maximum atomic E-state index is 14.1. The molecule has 3 N–H and O–H groups in total. The van der Waals surface area contributed by atoms with E-state index in [0.717, 1.165) is 29.9 Å². The van der Waals surface area contributed by atoms with Gasteiger partial charge in [-0.2, -0.15) is 0 Å². The van der Waals surface area contributed by atoms with Crippen LogP contribution in [0.5, 0.6) is 5.75 Å². The van der Waals surface area contributed by atoms with E-state index in [1.807, 2.05) is 0 Å². The molecule has 0 fully saturated rings. The van der Waals surface area contributed by atoms with E-state index in [1.165, 1.54) is 22.8 Å². The minimum atomic E-state index is -4.19. The number of aromatic hydroxyl groups is 1. The molecule has 5 rings (SSSR count). The van der Waals surface area contributed by atoms with Crippen LogP contribution in [0.2, 0.25) is 0 Å². The molecule has 0 saturated heterocycles. The number of aromatic nitrogens is 2. The molecule has 0 saturated carbocycles. The van der Waals surface area contributed by atoms with Gasteiger partial charge < -0.3 is 15.0 Å². The van der Waals surface area contributed by atoms with Crippen LogP contribution in [0.1, 0.15) is 11.3 Å². The van der Waals surface area contributed by atoms with Crippen molar-refractivity contribution in [3.63, 3.8) is 0 Å². The fourth-order valence-electron chi connectivity index (χ4n) is 4.12. The Morgan fingerprint density at radius 1 is 1.14 bits per heavy atom. The van der Waals surface area contributed by atoms with Gasteiger partial charge in [0.15, 0.2) is 0 Å². The number of pyridine rings is 2. The predicted molar refractivity (Wildman–Crippen MR) is 137 cm³/mol. The Labute approximate surface area is 210 Å². The van der Waals surface area contributed by atoms with E-state index in [4.69, 9.17) is 0 Å². The minimum Gasteiger partial charge on any atom is -0.506 e. The summed E-state index contributed by atoms with van der Waals surface area (Å²) in [4.78, 5) is 17.6. The number of nitrogens with one attached hydrogen (secondary N) is 2. The molecule has 0 radical (unpaired) electrons. The molecule has 0 atom stereocenters. The van der Waals surface area contributed by atoms with Gasteiger partial charge in [-0.25, -0.2) is 21.2 Å². The van der Waals surface area contributed by atoms with Crippen LogP contribution in [-0.2, 0) is 26.4 Å². The molecule has 0 amide bonds. The Bertz CT molecular complexity index is 1890. The molecular weight excluding hydrogens is 523 g/mol. The van der Waals surface area contributed by atoms with Gasteiger partial charge in [-0.15, -0.1) is 0 Å². The summed E-state index contributed by atoms with van der Waals surface area (Å²) in [5.41, 5.74) is -0.483. The number of anilines is 2. The molecular formula is C24H19FN4O6S2. The summed E-state index contributed by atoms with van der Waals surface area (Å²) in [5, 5.41) is 14.6. The lowest BCUT2D eigenvalue weighted by atomic mass is 10.1. The second-order valence-electron chi connectivity index (χ2n) is 8.38. The van der Waals surface area contributed by atoms with Crippen LogP contribution in [0.4, 0.5) is 15.8 Å². The van der Waals surface area contributed by atoms with Crippen LogP contribution in [0, 0.1) is 5.82 Å². The SMILES string of the molecule is CS(=O)(=O)Nc1ccc2c(c1)S(=O)(=O)C=C(c1c(O)c3cc(F)ccc3n(Cc3ccccn3)c1=O)N2. The first-order chi connectivity index (χ1) is 17.4. The van der Waals surface area contributed by atoms with Gasteiger partial charge in [-0.05, 0) is 48.5 Å². The van der Waals surface area contributed by atoms with Gasteiger partial charge in [-0.1, -0.05) is 6.07 Å². The highest BCUT2D eigenvalue weighted by atomic mass is 32.2. The zero-order chi connectivity index (χ0) is 26.5. The van der Waals surface area contributed by atoms with Crippen molar-refractivity contribution >= 4 is 47.8 Å². The van der Waals surface area contributed by atoms with Crippen LogP contribution < -0.4 is 15.6 Å². The zero-order valence-electron chi connectivity index (χ0n) is 19.1. The number of sulfonamides is 1. The van der Waals surface area contributed by atoms with Gasteiger partial charge in [0, 0.05) is 17.3 Å². The number of nitrogens with zero attached hydrogens (tertiary/aromatic N) is 2. The van der Waals surface area contributed by atoms with E-state index >= 15 is 0 Å². The van der Waals surface area contributed by atoms with Crippen molar-refractivity contribution in [2.45, 2.75) is 11.4 Å². The predicted octanol–water partition coefficient (Wildman–Crippen LogP) is 2.86. The second kappa shape index (κ2) is 8.71. The van der Waals surface area contributed by atoms with Crippen LogP contribution in [0.3, 0.4) is 0 Å². The third-order valence-electron chi connectivity index (χ3n) is 5.65. The van der Waals surface area contributed by atoms with Gasteiger partial charge in [0.25, 0.3) is 5.56 Å². The standard InChI is InChI=1S/C24H19FN4O6S2/c1-36(32,33)28-15-6-7-18-21(11-15)37(34,35)13-19(27-18)22-23(30)17-10-14(25)5-8-20(17)29(24(22)31)12-16-4-2-3-9-26-16/h2-11,13,27-28,30H,12H2,1H3. The number of benzene rings is 2. The maximum absolute atomic E-state index is 14.1. The average Bonchev–Trinajstić information content (AvgIpc) is 2.82. The first-order valence-electron chi connectivity index (χ1n) is 10.7. The highest BCUT2D eigenvalue weighted by Crippen LogP contribution is 2.38. The molecule has 0 spiro atoms. The molecule has 0 aliphatic carbocycles. The van der Waals surface area contributed by atoms with Crippen molar-refractivity contribution < 1.29 is 26.3 Å². The van der Waals surface area contributed by atoms with E-state index in [2.05, 4.69) is 15.0 Å². The van der Waals surface area contributed by atoms with Gasteiger partial charge in [-0.3, -0.25) is 14.5 Å². The Morgan fingerprint density at radius 2 is 1.92 bits per heavy atom. The summed E-state index contributed by atoms with van der Waals surface area (Å²) in [6, 6.07) is 12.5. The van der Waals surface area contributed by atoms with E-state index < -0.39 is 37.0 Å². The van der Waals surface area contributed by atoms with E-state index in [0.29, 0.717) is 5.69 Å². The van der Waals surface area contributed by atoms with Crippen LogP contribution in [-0.4, -0.2) is 37.7 Å². The number of halogens is 1. The minimum absolute atomic E-state index is 0.00382. The topological polar surface area (TPSA) is 147 Å². The lowest BCUT2D eigenvalue weighted by Gasteiger charge is -2.22. The van der Waals surface area contributed by atoms with Crippen molar-refractivity contribution in [1.29, 1.82) is 0 Å². The van der Waals surface area contributed by atoms with Gasteiger partial charge in [0.05, 0.1) is 45.7 Å². The Balaban J connectivity index is 1.70. The normalized spacial score (nSPS) is 14.5. The van der Waals surface area contributed by atoms with Crippen molar-refractivity contribution in [2.24, 2.45) is 0 Å². The Kier molecular flexibility index (Phi) is 5.76. The van der Waals surface area contributed by atoms with Gasteiger partial charge >= 0.3 is 0 Å². The molecule has 190 valence electrons. The van der Waals surface area contributed by atoms with Crippen LogP contribution in [0.25, 0.3) is 16.6 Å².